The first kappa shape index (κ1) is 11.3. The van der Waals surface area contributed by atoms with E-state index in [1.807, 2.05) is 24.3 Å². The number of para-hydroxylation sites is 1. The Hall–Kier alpha value is -1.75. The molecule has 1 atom stereocenters. The van der Waals surface area contributed by atoms with E-state index in [9.17, 15) is 9.59 Å². The molecule has 5 heteroatoms. The molecule has 92 valence electrons. The van der Waals surface area contributed by atoms with E-state index in [4.69, 9.17) is 4.42 Å². The third-order valence-corrected chi connectivity index (χ3v) is 3.90. The van der Waals surface area contributed by atoms with Crippen LogP contribution in [0.25, 0.3) is 11.0 Å². The molecular weight excluding hydrogens is 250 g/mol. The van der Waals surface area contributed by atoms with Crippen molar-refractivity contribution in [1.29, 1.82) is 0 Å². The van der Waals surface area contributed by atoms with Crippen LogP contribution in [0.3, 0.4) is 0 Å². The van der Waals surface area contributed by atoms with E-state index in [0.717, 1.165) is 11.1 Å². The SMILES string of the molecule is O=C(N[C@H]1CCSC1=O)c1cc2ccccc2o1. The molecule has 0 bridgehead atoms. The van der Waals surface area contributed by atoms with E-state index in [1.54, 1.807) is 6.07 Å². The van der Waals surface area contributed by atoms with Gasteiger partial charge in [0.1, 0.15) is 5.58 Å². The maximum atomic E-state index is 11.9. The Kier molecular flexibility index (Phi) is 2.83. The number of amides is 1. The lowest BCUT2D eigenvalue weighted by atomic mass is 10.2. The molecule has 0 spiro atoms. The van der Waals surface area contributed by atoms with Crippen molar-refractivity contribution in [3.63, 3.8) is 0 Å². The van der Waals surface area contributed by atoms with Crippen LogP contribution in [0.4, 0.5) is 0 Å². The maximum Gasteiger partial charge on any atom is 0.287 e. The van der Waals surface area contributed by atoms with Crippen molar-refractivity contribution in [1.82, 2.24) is 5.32 Å². The summed E-state index contributed by atoms with van der Waals surface area (Å²) in [4.78, 5) is 23.4. The first-order chi connectivity index (χ1) is 8.74. The first-order valence-electron chi connectivity index (χ1n) is 5.70. The third-order valence-electron chi connectivity index (χ3n) is 2.89. The summed E-state index contributed by atoms with van der Waals surface area (Å²) in [6.45, 7) is 0. The van der Waals surface area contributed by atoms with E-state index in [2.05, 4.69) is 5.32 Å². The fourth-order valence-corrected chi connectivity index (χ4v) is 2.88. The minimum absolute atomic E-state index is 0.0273. The molecule has 1 aromatic heterocycles. The normalized spacial score (nSPS) is 19.3. The molecule has 1 aliphatic rings. The smallest absolute Gasteiger partial charge is 0.287 e. The fraction of sp³-hybridized carbons (Fsp3) is 0.231. The lowest BCUT2D eigenvalue weighted by Crippen LogP contribution is -2.36. The van der Waals surface area contributed by atoms with Gasteiger partial charge in [-0.25, -0.2) is 0 Å². The van der Waals surface area contributed by atoms with Gasteiger partial charge in [-0.15, -0.1) is 0 Å². The van der Waals surface area contributed by atoms with Crippen LogP contribution in [0, 0.1) is 0 Å². The largest absolute Gasteiger partial charge is 0.451 e. The molecule has 3 rings (SSSR count). The molecule has 2 heterocycles. The average Bonchev–Trinajstić information content (AvgIpc) is 2.96. The number of rotatable bonds is 2. The van der Waals surface area contributed by atoms with Gasteiger partial charge in [-0.05, 0) is 18.6 Å². The lowest BCUT2D eigenvalue weighted by molar-refractivity contribution is -0.112. The second-order valence-corrected chi connectivity index (χ2v) is 5.23. The number of furan rings is 1. The van der Waals surface area contributed by atoms with Crippen molar-refractivity contribution in [2.45, 2.75) is 12.5 Å². The van der Waals surface area contributed by atoms with Gasteiger partial charge in [-0.3, -0.25) is 9.59 Å². The average molecular weight is 261 g/mol. The predicted molar refractivity (Wildman–Crippen MR) is 69.6 cm³/mol. The van der Waals surface area contributed by atoms with Crippen LogP contribution in [0.15, 0.2) is 34.7 Å². The number of carbonyl (C=O) groups is 2. The zero-order chi connectivity index (χ0) is 12.5. The highest BCUT2D eigenvalue weighted by molar-refractivity contribution is 8.14. The highest BCUT2D eigenvalue weighted by Gasteiger charge is 2.27. The quantitative estimate of drug-likeness (QED) is 0.900. The fourth-order valence-electron chi connectivity index (χ4n) is 1.95. The standard InChI is InChI=1S/C13H11NO3S/c15-12(14-9-5-6-18-13(9)16)11-7-8-3-1-2-4-10(8)17-11/h1-4,7,9H,5-6H2,(H,14,15)/t9-/m0/s1. The highest BCUT2D eigenvalue weighted by atomic mass is 32.2. The lowest BCUT2D eigenvalue weighted by Gasteiger charge is -2.07. The van der Waals surface area contributed by atoms with Gasteiger partial charge in [-0.1, -0.05) is 30.0 Å². The molecule has 1 N–H and O–H groups in total. The van der Waals surface area contributed by atoms with Crippen molar-refractivity contribution in [2.75, 3.05) is 5.75 Å². The minimum Gasteiger partial charge on any atom is -0.451 e. The van der Waals surface area contributed by atoms with Crippen LogP contribution in [-0.4, -0.2) is 22.8 Å². The number of nitrogens with one attached hydrogen (secondary N) is 1. The van der Waals surface area contributed by atoms with Crippen LogP contribution in [0.2, 0.25) is 0 Å². The van der Waals surface area contributed by atoms with Crippen LogP contribution in [-0.2, 0) is 4.79 Å². The van der Waals surface area contributed by atoms with Crippen LogP contribution >= 0.6 is 11.8 Å². The van der Waals surface area contributed by atoms with Gasteiger partial charge in [0.15, 0.2) is 5.76 Å². The van der Waals surface area contributed by atoms with Gasteiger partial charge in [-0.2, -0.15) is 0 Å². The summed E-state index contributed by atoms with van der Waals surface area (Å²) in [5.41, 5.74) is 0.676. The topological polar surface area (TPSA) is 59.3 Å². The summed E-state index contributed by atoms with van der Waals surface area (Å²) >= 11 is 1.26. The Morgan fingerprint density at radius 3 is 2.94 bits per heavy atom. The summed E-state index contributed by atoms with van der Waals surface area (Å²) in [6, 6.07) is 8.74. The molecule has 1 fully saturated rings. The van der Waals surface area contributed by atoms with Crippen molar-refractivity contribution >= 4 is 33.8 Å². The second-order valence-electron chi connectivity index (χ2n) is 4.13. The number of hydrogen-bond acceptors (Lipinski definition) is 4. The molecule has 1 aliphatic heterocycles. The molecule has 0 saturated carbocycles. The molecule has 18 heavy (non-hydrogen) atoms. The van der Waals surface area contributed by atoms with Crippen molar-refractivity contribution in [3.05, 3.63) is 36.1 Å². The monoisotopic (exact) mass is 261 g/mol. The van der Waals surface area contributed by atoms with E-state index < -0.39 is 0 Å². The summed E-state index contributed by atoms with van der Waals surface area (Å²) in [7, 11) is 0. The number of benzene rings is 1. The van der Waals surface area contributed by atoms with Gasteiger partial charge >= 0.3 is 0 Å². The van der Waals surface area contributed by atoms with Crippen molar-refractivity contribution in [2.24, 2.45) is 0 Å². The maximum absolute atomic E-state index is 11.9. The Balaban J connectivity index is 1.81. The first-order valence-corrected chi connectivity index (χ1v) is 6.69. The molecule has 2 aromatic rings. The molecule has 0 unspecified atom stereocenters. The molecule has 4 nitrogen and oxygen atoms in total. The third kappa shape index (κ3) is 2.01. The van der Waals surface area contributed by atoms with Gasteiger partial charge in [0, 0.05) is 11.1 Å². The summed E-state index contributed by atoms with van der Waals surface area (Å²) in [5, 5.41) is 3.61. The van der Waals surface area contributed by atoms with E-state index in [0.29, 0.717) is 12.0 Å². The molecule has 0 radical (unpaired) electrons. The van der Waals surface area contributed by atoms with E-state index >= 15 is 0 Å². The summed E-state index contributed by atoms with van der Waals surface area (Å²) in [5.74, 6) is 0.692. The molecular formula is C13H11NO3S. The zero-order valence-electron chi connectivity index (χ0n) is 9.51. The summed E-state index contributed by atoms with van der Waals surface area (Å²) in [6.07, 6.45) is 0.690. The molecule has 1 aromatic carbocycles. The van der Waals surface area contributed by atoms with Gasteiger partial charge in [0.25, 0.3) is 5.91 Å². The highest BCUT2D eigenvalue weighted by Crippen LogP contribution is 2.22. The van der Waals surface area contributed by atoms with Crippen LogP contribution < -0.4 is 5.32 Å². The number of hydrogen-bond donors (Lipinski definition) is 1. The van der Waals surface area contributed by atoms with E-state index in [-0.39, 0.29) is 22.8 Å². The number of carbonyl (C=O) groups excluding carboxylic acids is 2. The Labute approximate surface area is 108 Å². The molecule has 1 saturated heterocycles. The Bertz CT molecular complexity index is 586. The van der Waals surface area contributed by atoms with E-state index in [1.165, 1.54) is 11.8 Å². The van der Waals surface area contributed by atoms with Crippen molar-refractivity contribution < 1.29 is 14.0 Å². The number of thioether (sulfide) groups is 1. The Morgan fingerprint density at radius 2 is 2.22 bits per heavy atom. The van der Waals surface area contributed by atoms with Crippen molar-refractivity contribution in [3.8, 4) is 0 Å². The minimum atomic E-state index is -0.379. The zero-order valence-corrected chi connectivity index (χ0v) is 10.3. The van der Waals surface area contributed by atoms with Crippen LogP contribution in [0.5, 0.6) is 0 Å². The second kappa shape index (κ2) is 4.49. The van der Waals surface area contributed by atoms with Crippen LogP contribution in [0.1, 0.15) is 17.0 Å². The Morgan fingerprint density at radius 1 is 1.39 bits per heavy atom. The predicted octanol–water partition coefficient (Wildman–Crippen LogP) is 2.19. The van der Waals surface area contributed by atoms with Gasteiger partial charge in [0.2, 0.25) is 5.12 Å². The van der Waals surface area contributed by atoms with Gasteiger partial charge in [0.05, 0.1) is 6.04 Å². The number of fused-ring (bicyclic) bond motifs is 1. The summed E-state index contributed by atoms with van der Waals surface area (Å²) < 4.78 is 5.45. The molecule has 1 amide bonds. The van der Waals surface area contributed by atoms with Gasteiger partial charge < -0.3 is 9.73 Å². The molecule has 0 aliphatic carbocycles.